The molecule has 21 heavy (non-hydrogen) atoms. The van der Waals surface area contributed by atoms with Gasteiger partial charge in [-0.15, -0.1) is 0 Å². The van der Waals surface area contributed by atoms with Gasteiger partial charge in [-0.2, -0.15) is 0 Å². The first kappa shape index (κ1) is 15.9. The molecule has 0 N–H and O–H groups in total. The number of esters is 1. The van der Waals surface area contributed by atoms with Crippen molar-refractivity contribution in [1.29, 1.82) is 0 Å². The Balaban J connectivity index is 2.12. The van der Waals surface area contributed by atoms with E-state index in [9.17, 15) is 4.79 Å². The third kappa shape index (κ3) is 4.48. The van der Waals surface area contributed by atoms with Gasteiger partial charge < -0.3 is 9.47 Å². The Morgan fingerprint density at radius 2 is 1.81 bits per heavy atom. The summed E-state index contributed by atoms with van der Waals surface area (Å²) in [6, 6.07) is 11.7. The molecule has 2 aromatic carbocycles. The van der Waals surface area contributed by atoms with E-state index in [0.29, 0.717) is 26.6 Å². The van der Waals surface area contributed by atoms with E-state index in [1.165, 1.54) is 0 Å². The van der Waals surface area contributed by atoms with Gasteiger partial charge in [0.1, 0.15) is 11.5 Å². The average Bonchev–Trinajstić information content (AvgIpc) is 2.43. The van der Waals surface area contributed by atoms with Crippen LogP contribution < -0.4 is 9.47 Å². The molecular formula is C16H14BrClO3. The summed E-state index contributed by atoms with van der Waals surface area (Å²) in [5.41, 5.74) is 0.438. The lowest BCUT2D eigenvalue weighted by Crippen LogP contribution is -2.10. The molecule has 2 rings (SSSR count). The molecule has 110 valence electrons. The summed E-state index contributed by atoms with van der Waals surface area (Å²) in [7, 11) is 0. The number of ether oxygens (including phenoxy) is 2. The van der Waals surface area contributed by atoms with Crippen LogP contribution in [0.4, 0.5) is 0 Å². The third-order valence-corrected chi connectivity index (χ3v) is 3.43. The fraction of sp³-hybridized carbons (Fsp3) is 0.188. The van der Waals surface area contributed by atoms with Crippen molar-refractivity contribution in [2.75, 3.05) is 0 Å². The van der Waals surface area contributed by atoms with Crippen molar-refractivity contribution in [2.45, 2.75) is 20.0 Å². The summed E-state index contributed by atoms with van der Waals surface area (Å²) >= 11 is 9.17. The van der Waals surface area contributed by atoms with Crippen molar-refractivity contribution in [3.8, 4) is 11.5 Å². The fourth-order valence-corrected chi connectivity index (χ4v) is 2.24. The molecule has 0 aliphatic carbocycles. The Labute approximate surface area is 137 Å². The summed E-state index contributed by atoms with van der Waals surface area (Å²) in [6.07, 6.45) is 0.0631. The van der Waals surface area contributed by atoms with Crippen molar-refractivity contribution < 1.29 is 14.3 Å². The van der Waals surface area contributed by atoms with Crippen LogP contribution in [0.15, 0.2) is 46.9 Å². The van der Waals surface area contributed by atoms with Crippen LogP contribution in [0.25, 0.3) is 0 Å². The molecule has 2 aromatic rings. The fourth-order valence-electron chi connectivity index (χ4n) is 1.65. The highest BCUT2D eigenvalue weighted by atomic mass is 79.9. The average molecular weight is 370 g/mol. The van der Waals surface area contributed by atoms with E-state index in [1.807, 2.05) is 13.8 Å². The summed E-state index contributed by atoms with van der Waals surface area (Å²) in [5.74, 6) is 0.699. The van der Waals surface area contributed by atoms with Crippen LogP contribution in [-0.2, 0) is 0 Å². The number of halogens is 2. The monoisotopic (exact) mass is 368 g/mol. The summed E-state index contributed by atoms with van der Waals surface area (Å²) in [6.45, 7) is 3.88. The van der Waals surface area contributed by atoms with E-state index >= 15 is 0 Å². The molecule has 0 atom stereocenters. The molecule has 0 unspecified atom stereocenters. The van der Waals surface area contributed by atoms with Gasteiger partial charge in [0, 0.05) is 5.02 Å². The molecular weight excluding hydrogens is 356 g/mol. The maximum Gasteiger partial charge on any atom is 0.343 e. The molecule has 5 heteroatoms. The zero-order valence-corrected chi connectivity index (χ0v) is 13.9. The van der Waals surface area contributed by atoms with Gasteiger partial charge in [-0.25, -0.2) is 4.79 Å². The molecule has 0 heterocycles. The van der Waals surface area contributed by atoms with Crippen LogP contribution in [0, 0.1) is 0 Å². The third-order valence-electron chi connectivity index (χ3n) is 2.55. The van der Waals surface area contributed by atoms with E-state index in [2.05, 4.69) is 15.9 Å². The second kappa shape index (κ2) is 6.96. The van der Waals surface area contributed by atoms with Gasteiger partial charge >= 0.3 is 5.97 Å². The topological polar surface area (TPSA) is 35.5 Å². The minimum Gasteiger partial charge on any atom is -0.490 e. The quantitative estimate of drug-likeness (QED) is 0.555. The summed E-state index contributed by atoms with van der Waals surface area (Å²) in [5, 5.41) is 0.590. The van der Waals surface area contributed by atoms with Gasteiger partial charge in [0.25, 0.3) is 0 Å². The molecule has 0 bridgehead atoms. The second-order valence-corrected chi connectivity index (χ2v) is 5.95. The van der Waals surface area contributed by atoms with E-state index in [4.69, 9.17) is 21.1 Å². The number of hydrogen-bond acceptors (Lipinski definition) is 3. The molecule has 0 aromatic heterocycles. The van der Waals surface area contributed by atoms with Gasteiger partial charge in [-0.3, -0.25) is 0 Å². The van der Waals surface area contributed by atoms with Gasteiger partial charge in [-0.1, -0.05) is 11.6 Å². The largest absolute Gasteiger partial charge is 0.490 e. The zero-order chi connectivity index (χ0) is 15.4. The Bertz CT molecular complexity index is 638. The van der Waals surface area contributed by atoms with Crippen LogP contribution in [0.1, 0.15) is 24.2 Å². The van der Waals surface area contributed by atoms with Crippen LogP contribution in [-0.4, -0.2) is 12.1 Å². The number of rotatable bonds is 4. The minimum atomic E-state index is -0.436. The van der Waals surface area contributed by atoms with Crippen LogP contribution in [0.3, 0.4) is 0 Å². The van der Waals surface area contributed by atoms with E-state index in [1.54, 1.807) is 42.5 Å². The minimum absolute atomic E-state index is 0.0631. The molecule has 0 aliphatic rings. The first-order valence-corrected chi connectivity index (χ1v) is 7.57. The Kier molecular flexibility index (Phi) is 5.26. The Hall–Kier alpha value is -1.52. The van der Waals surface area contributed by atoms with Crippen LogP contribution in [0.2, 0.25) is 5.02 Å². The lowest BCUT2D eigenvalue weighted by atomic mass is 10.2. The number of hydrogen-bond donors (Lipinski definition) is 0. The highest BCUT2D eigenvalue weighted by Crippen LogP contribution is 2.27. The predicted molar refractivity (Wildman–Crippen MR) is 86.3 cm³/mol. The van der Waals surface area contributed by atoms with Gasteiger partial charge in [0.2, 0.25) is 0 Å². The molecule has 0 radical (unpaired) electrons. The zero-order valence-electron chi connectivity index (χ0n) is 11.6. The van der Waals surface area contributed by atoms with E-state index in [0.717, 1.165) is 0 Å². The highest BCUT2D eigenvalue weighted by Gasteiger charge is 2.12. The van der Waals surface area contributed by atoms with Crippen molar-refractivity contribution in [2.24, 2.45) is 0 Å². The molecule has 0 saturated carbocycles. The maximum absolute atomic E-state index is 12.1. The molecule has 0 aliphatic heterocycles. The Morgan fingerprint density at radius 3 is 2.38 bits per heavy atom. The molecule has 0 spiro atoms. The number of carbonyl (C=O) groups excluding carboxylic acids is 1. The summed E-state index contributed by atoms with van der Waals surface area (Å²) < 4.78 is 11.6. The maximum atomic E-state index is 12.1. The standard InChI is InChI=1S/C16H14BrClO3/c1-10(2)20-15-8-3-11(9-14(15)17)16(19)21-13-6-4-12(18)5-7-13/h3-10H,1-2H3. The van der Waals surface area contributed by atoms with Crippen molar-refractivity contribution in [1.82, 2.24) is 0 Å². The van der Waals surface area contributed by atoms with Crippen molar-refractivity contribution in [3.05, 3.63) is 57.5 Å². The van der Waals surface area contributed by atoms with E-state index < -0.39 is 5.97 Å². The molecule has 3 nitrogen and oxygen atoms in total. The van der Waals surface area contributed by atoms with Crippen LogP contribution >= 0.6 is 27.5 Å². The van der Waals surface area contributed by atoms with Crippen molar-refractivity contribution in [3.63, 3.8) is 0 Å². The number of carbonyl (C=O) groups is 1. The summed E-state index contributed by atoms with van der Waals surface area (Å²) in [4.78, 5) is 12.1. The molecule has 0 fully saturated rings. The van der Waals surface area contributed by atoms with E-state index in [-0.39, 0.29) is 6.10 Å². The predicted octanol–water partition coefficient (Wildman–Crippen LogP) is 5.11. The Morgan fingerprint density at radius 1 is 1.14 bits per heavy atom. The van der Waals surface area contributed by atoms with Gasteiger partial charge in [-0.05, 0) is 72.2 Å². The lowest BCUT2D eigenvalue weighted by Gasteiger charge is -2.12. The van der Waals surface area contributed by atoms with Gasteiger partial charge in [0.05, 0.1) is 16.1 Å². The van der Waals surface area contributed by atoms with Crippen LogP contribution in [0.5, 0.6) is 11.5 Å². The smallest absolute Gasteiger partial charge is 0.343 e. The first-order valence-electron chi connectivity index (χ1n) is 6.39. The SMILES string of the molecule is CC(C)Oc1ccc(C(=O)Oc2ccc(Cl)cc2)cc1Br. The normalized spacial score (nSPS) is 10.5. The lowest BCUT2D eigenvalue weighted by molar-refractivity contribution is 0.0734. The molecule has 0 saturated heterocycles. The highest BCUT2D eigenvalue weighted by molar-refractivity contribution is 9.10. The first-order chi connectivity index (χ1) is 9.95. The second-order valence-electron chi connectivity index (χ2n) is 4.66. The molecule has 0 amide bonds. The number of benzene rings is 2. The van der Waals surface area contributed by atoms with Crippen molar-refractivity contribution >= 4 is 33.5 Å². The van der Waals surface area contributed by atoms with Gasteiger partial charge in [0.15, 0.2) is 0 Å².